The maximum Gasteiger partial charge on any atom is 0.316 e. The molecule has 1 aromatic heterocycles. The highest BCUT2D eigenvalue weighted by atomic mass is 16.2. The van der Waals surface area contributed by atoms with Crippen LogP contribution in [0.4, 0.5) is 10.5 Å². The summed E-state index contributed by atoms with van der Waals surface area (Å²) in [5, 5.41) is 2.82. The molecule has 1 atom stereocenters. The lowest BCUT2D eigenvalue weighted by Crippen LogP contribution is -2.21. The van der Waals surface area contributed by atoms with Crippen molar-refractivity contribution in [2.45, 2.75) is 44.9 Å². The lowest BCUT2D eigenvalue weighted by molar-refractivity contribution is 0.259. The third kappa shape index (κ3) is 1.59. The molecule has 2 amide bonds. The topological polar surface area (TPSA) is 68.0 Å². The molecule has 0 saturated carbocycles. The van der Waals surface area contributed by atoms with Crippen molar-refractivity contribution in [2.24, 2.45) is 5.73 Å². The molecule has 3 rings (SSSR count). The Hall–Kier alpha value is -1.58. The molecule has 0 unspecified atom stereocenters. The van der Waals surface area contributed by atoms with Crippen LogP contribution in [0, 0.1) is 0 Å². The minimum absolute atomic E-state index is 0.466. The first-order valence-electron chi connectivity index (χ1n) is 6.27. The summed E-state index contributed by atoms with van der Waals surface area (Å²) in [7, 11) is 0. The van der Waals surface area contributed by atoms with Gasteiger partial charge in [-0.25, -0.2) is 4.79 Å². The molecule has 90 valence electrons. The van der Waals surface area contributed by atoms with Crippen LogP contribution in [0.3, 0.4) is 0 Å². The number of urea groups is 1. The van der Waals surface area contributed by atoms with E-state index < -0.39 is 6.03 Å². The van der Waals surface area contributed by atoms with E-state index in [4.69, 9.17) is 10.7 Å². The van der Waals surface area contributed by atoms with Gasteiger partial charge in [0.25, 0.3) is 0 Å². The van der Waals surface area contributed by atoms with Gasteiger partial charge in [0.1, 0.15) is 0 Å². The van der Waals surface area contributed by atoms with E-state index in [-0.39, 0.29) is 0 Å². The number of pyridine rings is 1. The summed E-state index contributed by atoms with van der Waals surface area (Å²) in [4.78, 5) is 15.9. The molecular formula is C13H17N3O. The highest BCUT2D eigenvalue weighted by Gasteiger charge is 2.29. The van der Waals surface area contributed by atoms with E-state index >= 15 is 0 Å². The van der Waals surface area contributed by atoms with Crippen LogP contribution in [0.5, 0.6) is 0 Å². The third-order valence-electron chi connectivity index (χ3n) is 3.90. The molecule has 4 nitrogen and oxygen atoms in total. The fraction of sp³-hybridized carbons (Fsp3) is 0.538. The first kappa shape index (κ1) is 10.6. The Morgan fingerprint density at radius 1 is 1.35 bits per heavy atom. The number of hydrogen-bond acceptors (Lipinski definition) is 2. The van der Waals surface area contributed by atoms with Gasteiger partial charge in [-0.1, -0.05) is 6.92 Å². The van der Waals surface area contributed by atoms with Crippen LogP contribution in [0.25, 0.3) is 0 Å². The fourth-order valence-electron chi connectivity index (χ4n) is 3.08. The standard InChI is InChI=1S/C13H17N3O/c1-7-5-6-9-11(7)15-10-4-2-3-8(10)12(9)16-13(14)17/h7H,2-6H2,1H3,(H3,14,15,16,17)/t7-/m1/s1. The number of carbonyl (C=O) groups is 1. The number of nitrogens with two attached hydrogens (primary N) is 1. The Labute approximate surface area is 101 Å². The van der Waals surface area contributed by atoms with Crippen molar-refractivity contribution < 1.29 is 4.79 Å². The Bertz CT molecular complexity index is 496. The zero-order chi connectivity index (χ0) is 12.0. The average Bonchev–Trinajstić information content (AvgIpc) is 2.86. The van der Waals surface area contributed by atoms with Gasteiger partial charge in [0.05, 0.1) is 5.69 Å². The van der Waals surface area contributed by atoms with Crippen molar-refractivity contribution in [1.82, 2.24) is 4.98 Å². The van der Waals surface area contributed by atoms with Crippen LogP contribution in [0.2, 0.25) is 0 Å². The number of rotatable bonds is 1. The average molecular weight is 231 g/mol. The lowest BCUT2D eigenvalue weighted by Gasteiger charge is -2.14. The minimum atomic E-state index is -0.466. The summed E-state index contributed by atoms with van der Waals surface area (Å²) in [6.07, 6.45) is 5.31. The monoisotopic (exact) mass is 231 g/mol. The molecule has 0 radical (unpaired) electrons. The largest absolute Gasteiger partial charge is 0.351 e. The highest BCUT2D eigenvalue weighted by Crippen LogP contribution is 2.40. The Morgan fingerprint density at radius 2 is 2.18 bits per heavy atom. The van der Waals surface area contributed by atoms with Gasteiger partial charge < -0.3 is 11.1 Å². The molecular weight excluding hydrogens is 214 g/mol. The van der Waals surface area contributed by atoms with Gasteiger partial charge >= 0.3 is 6.03 Å². The number of anilines is 1. The van der Waals surface area contributed by atoms with Crippen LogP contribution in [-0.2, 0) is 19.3 Å². The van der Waals surface area contributed by atoms with Gasteiger partial charge in [0.15, 0.2) is 0 Å². The Kier molecular flexibility index (Phi) is 2.31. The number of amides is 2. The quantitative estimate of drug-likeness (QED) is 0.777. The zero-order valence-electron chi connectivity index (χ0n) is 10.0. The molecule has 1 aromatic rings. The molecule has 0 aliphatic heterocycles. The van der Waals surface area contributed by atoms with E-state index in [0.29, 0.717) is 5.92 Å². The number of fused-ring (bicyclic) bond motifs is 2. The van der Waals surface area contributed by atoms with Crippen LogP contribution >= 0.6 is 0 Å². The smallest absolute Gasteiger partial charge is 0.316 e. The predicted molar refractivity (Wildman–Crippen MR) is 66.2 cm³/mol. The number of aryl methyl sites for hydroxylation is 1. The van der Waals surface area contributed by atoms with Gasteiger partial charge in [-0.05, 0) is 49.1 Å². The number of hydrogen-bond donors (Lipinski definition) is 2. The molecule has 4 heteroatoms. The summed E-state index contributed by atoms with van der Waals surface area (Å²) in [5.74, 6) is 0.504. The van der Waals surface area contributed by atoms with Gasteiger partial charge in [-0.2, -0.15) is 0 Å². The van der Waals surface area contributed by atoms with Gasteiger partial charge in [-0.3, -0.25) is 4.98 Å². The minimum Gasteiger partial charge on any atom is -0.351 e. The molecule has 0 bridgehead atoms. The second-order valence-electron chi connectivity index (χ2n) is 5.06. The summed E-state index contributed by atoms with van der Waals surface area (Å²) in [6.45, 7) is 2.20. The molecule has 17 heavy (non-hydrogen) atoms. The molecule has 2 aliphatic carbocycles. The van der Waals surface area contributed by atoms with Crippen LogP contribution in [0.1, 0.15) is 48.2 Å². The SMILES string of the molecule is C[C@@H]1CCc2c1nc1c(c2NC(N)=O)CCC1. The molecule has 0 saturated heterocycles. The van der Waals surface area contributed by atoms with Crippen molar-refractivity contribution in [3.05, 3.63) is 22.5 Å². The second-order valence-corrected chi connectivity index (χ2v) is 5.06. The highest BCUT2D eigenvalue weighted by molar-refractivity contribution is 5.90. The van der Waals surface area contributed by atoms with Crippen molar-refractivity contribution in [3.63, 3.8) is 0 Å². The number of nitrogens with one attached hydrogen (secondary N) is 1. The molecule has 2 aliphatic rings. The van der Waals surface area contributed by atoms with Crippen LogP contribution in [0.15, 0.2) is 0 Å². The summed E-state index contributed by atoms with van der Waals surface area (Å²) < 4.78 is 0. The van der Waals surface area contributed by atoms with Crippen LogP contribution in [-0.4, -0.2) is 11.0 Å². The van der Waals surface area contributed by atoms with E-state index in [1.165, 1.54) is 22.5 Å². The van der Waals surface area contributed by atoms with E-state index in [2.05, 4.69) is 12.2 Å². The predicted octanol–water partition coefficient (Wildman–Crippen LogP) is 2.11. The van der Waals surface area contributed by atoms with E-state index in [9.17, 15) is 4.79 Å². The van der Waals surface area contributed by atoms with Crippen molar-refractivity contribution in [1.29, 1.82) is 0 Å². The summed E-state index contributed by atoms with van der Waals surface area (Å²) >= 11 is 0. The van der Waals surface area contributed by atoms with E-state index in [1.807, 2.05) is 0 Å². The second kappa shape index (κ2) is 3.72. The van der Waals surface area contributed by atoms with E-state index in [1.54, 1.807) is 0 Å². The first-order valence-corrected chi connectivity index (χ1v) is 6.27. The molecule has 1 heterocycles. The van der Waals surface area contributed by atoms with Crippen LogP contribution < -0.4 is 11.1 Å². The Balaban J connectivity index is 2.17. The van der Waals surface area contributed by atoms with Crippen molar-refractivity contribution >= 4 is 11.7 Å². The van der Waals surface area contributed by atoms with Crippen molar-refractivity contribution in [2.75, 3.05) is 5.32 Å². The summed E-state index contributed by atoms with van der Waals surface area (Å²) in [6, 6.07) is -0.466. The number of carbonyl (C=O) groups excluding carboxylic acids is 1. The number of aromatic nitrogens is 1. The Morgan fingerprint density at radius 3 is 2.94 bits per heavy atom. The molecule has 0 fully saturated rings. The van der Waals surface area contributed by atoms with Gasteiger partial charge in [0.2, 0.25) is 0 Å². The molecule has 3 N–H and O–H groups in total. The van der Waals surface area contributed by atoms with Crippen molar-refractivity contribution in [3.8, 4) is 0 Å². The third-order valence-corrected chi connectivity index (χ3v) is 3.90. The number of nitrogens with zero attached hydrogens (tertiary/aromatic N) is 1. The number of primary amides is 1. The lowest BCUT2D eigenvalue weighted by atomic mass is 10.0. The van der Waals surface area contributed by atoms with E-state index in [0.717, 1.165) is 37.8 Å². The fourth-order valence-corrected chi connectivity index (χ4v) is 3.08. The van der Waals surface area contributed by atoms with Gasteiger partial charge in [-0.15, -0.1) is 0 Å². The molecule has 0 spiro atoms. The molecule has 0 aromatic carbocycles. The summed E-state index contributed by atoms with van der Waals surface area (Å²) in [5.41, 5.74) is 11.0. The maximum absolute atomic E-state index is 11.1. The zero-order valence-corrected chi connectivity index (χ0v) is 10.0. The van der Waals surface area contributed by atoms with Gasteiger partial charge in [0, 0.05) is 11.4 Å². The first-order chi connectivity index (χ1) is 8.16. The maximum atomic E-state index is 11.1. The normalized spacial score (nSPS) is 21.1.